The Morgan fingerprint density at radius 1 is 1.09 bits per heavy atom. The van der Waals surface area contributed by atoms with Crippen LogP contribution < -0.4 is 21.2 Å². The summed E-state index contributed by atoms with van der Waals surface area (Å²) in [7, 11) is 0. The Labute approximate surface area is 192 Å². The van der Waals surface area contributed by atoms with Gasteiger partial charge in [-0.3, -0.25) is 9.78 Å². The molecule has 33 heavy (non-hydrogen) atoms. The molecule has 4 atom stereocenters. The summed E-state index contributed by atoms with van der Waals surface area (Å²) in [4.78, 5) is 28.0. The fraction of sp³-hybridized carbons (Fsp3) is 0.346. The van der Waals surface area contributed by atoms with Gasteiger partial charge in [0.2, 0.25) is 0 Å². The molecule has 3 aromatic rings. The molecule has 4 N–H and O–H groups in total. The largest absolute Gasteiger partial charge is 0.387 e. The third kappa shape index (κ3) is 4.60. The number of rotatable bonds is 6. The van der Waals surface area contributed by atoms with Gasteiger partial charge in [0.25, 0.3) is 11.7 Å². The van der Waals surface area contributed by atoms with E-state index in [1.165, 1.54) is 11.6 Å². The predicted octanol–water partition coefficient (Wildman–Crippen LogP) is 2.19. The Bertz CT molecular complexity index is 1180. The lowest BCUT2D eigenvalue weighted by Crippen LogP contribution is -2.35. The van der Waals surface area contributed by atoms with Gasteiger partial charge in [-0.2, -0.15) is 4.57 Å². The molecule has 0 saturated carbocycles. The van der Waals surface area contributed by atoms with Crippen molar-refractivity contribution in [2.24, 2.45) is 0 Å². The van der Waals surface area contributed by atoms with Crippen molar-refractivity contribution in [2.45, 2.75) is 56.3 Å². The Kier molecular flexibility index (Phi) is 6.07. The first-order valence-corrected chi connectivity index (χ1v) is 11.6. The summed E-state index contributed by atoms with van der Waals surface area (Å²) in [5.41, 5.74) is 2.69. The van der Waals surface area contributed by atoms with Gasteiger partial charge in [-0.05, 0) is 42.5 Å². The highest BCUT2D eigenvalue weighted by Crippen LogP contribution is 2.27. The van der Waals surface area contributed by atoms with E-state index in [0.717, 1.165) is 36.3 Å². The van der Waals surface area contributed by atoms with Gasteiger partial charge >= 0.3 is 5.56 Å². The predicted molar refractivity (Wildman–Crippen MR) is 125 cm³/mol. The minimum absolute atomic E-state index is 0.0610. The number of H-pyrrole nitrogens is 1. The number of aliphatic hydroxyl groups excluding tert-OH is 1. The number of fused-ring (bicyclic) bond motifs is 1. The molecule has 1 saturated heterocycles. The van der Waals surface area contributed by atoms with Crippen LogP contribution in [0, 0.1) is 0 Å². The van der Waals surface area contributed by atoms with E-state index >= 15 is 0 Å². The number of hydrogen-bond acceptors (Lipinski definition) is 4. The minimum Gasteiger partial charge on any atom is -0.387 e. The van der Waals surface area contributed by atoms with Crippen LogP contribution in [0.15, 0.2) is 71.7 Å². The zero-order chi connectivity index (χ0) is 22.8. The summed E-state index contributed by atoms with van der Waals surface area (Å²) in [6.45, 7) is 0. The average Bonchev–Trinajstić information content (AvgIpc) is 3.49. The van der Waals surface area contributed by atoms with Gasteiger partial charge < -0.3 is 15.7 Å². The highest BCUT2D eigenvalue weighted by Gasteiger charge is 2.36. The molecule has 7 heteroatoms. The van der Waals surface area contributed by atoms with Crippen LogP contribution in [0.4, 0.5) is 5.69 Å². The summed E-state index contributed by atoms with van der Waals surface area (Å²) < 4.78 is 1.55. The van der Waals surface area contributed by atoms with E-state index in [4.69, 9.17) is 0 Å². The Morgan fingerprint density at radius 3 is 2.67 bits per heavy atom. The van der Waals surface area contributed by atoms with E-state index in [0.29, 0.717) is 18.9 Å². The van der Waals surface area contributed by atoms with Gasteiger partial charge in [0.05, 0.1) is 24.8 Å². The van der Waals surface area contributed by atoms with E-state index in [-0.39, 0.29) is 17.5 Å². The molecule has 0 aliphatic carbocycles. The van der Waals surface area contributed by atoms with Gasteiger partial charge in [-0.25, -0.2) is 4.79 Å². The normalized spacial score (nSPS) is 22.6. The molecule has 2 aromatic carbocycles. The molecule has 170 valence electrons. The molecule has 1 fully saturated rings. The lowest BCUT2D eigenvalue weighted by atomic mass is 10.0. The summed E-state index contributed by atoms with van der Waals surface area (Å²) in [6.07, 6.45) is 5.24. The molecule has 2 aliphatic rings. The van der Waals surface area contributed by atoms with Gasteiger partial charge in [-0.1, -0.05) is 42.5 Å². The van der Waals surface area contributed by atoms with Crippen molar-refractivity contribution in [3.05, 3.63) is 94.2 Å². The first kappa shape index (κ1) is 21.6. The van der Waals surface area contributed by atoms with Gasteiger partial charge in [0, 0.05) is 24.2 Å². The molecule has 5 rings (SSSR count). The molecule has 0 spiro atoms. The van der Waals surface area contributed by atoms with Crippen molar-refractivity contribution in [1.82, 2.24) is 9.88 Å². The lowest BCUT2D eigenvalue weighted by Gasteiger charge is -2.20. The molecule has 1 unspecified atom stereocenters. The van der Waals surface area contributed by atoms with Crippen molar-refractivity contribution in [2.75, 3.05) is 5.32 Å². The number of carbonyl (C=O) groups is 1. The Hall–Kier alpha value is -3.29. The van der Waals surface area contributed by atoms with Crippen molar-refractivity contribution in [3.8, 4) is 0 Å². The smallest absolute Gasteiger partial charge is 0.337 e. The van der Waals surface area contributed by atoms with E-state index < -0.39 is 12.1 Å². The first-order valence-electron chi connectivity index (χ1n) is 11.6. The maximum absolute atomic E-state index is 12.8. The molecule has 1 amide bonds. The third-order valence-electron chi connectivity index (χ3n) is 6.77. The van der Waals surface area contributed by atoms with Gasteiger partial charge in [-0.15, -0.1) is 0 Å². The molecule has 0 radical (unpaired) electrons. The number of aromatic amines is 1. The van der Waals surface area contributed by atoms with E-state index in [9.17, 15) is 14.7 Å². The highest BCUT2D eigenvalue weighted by atomic mass is 16.3. The number of aryl methyl sites for hydroxylation is 1. The van der Waals surface area contributed by atoms with Gasteiger partial charge in [0.15, 0.2) is 6.04 Å². The zero-order valence-electron chi connectivity index (χ0n) is 18.4. The Balaban J connectivity index is 1.17. The van der Waals surface area contributed by atoms with Crippen molar-refractivity contribution in [3.63, 3.8) is 0 Å². The fourth-order valence-electron chi connectivity index (χ4n) is 5.05. The quantitative estimate of drug-likeness (QED) is 0.542. The number of nitrogens with one attached hydrogen (secondary N) is 3. The fourth-order valence-corrected chi connectivity index (χ4v) is 5.05. The lowest BCUT2D eigenvalue weighted by molar-refractivity contribution is -0.397. The van der Waals surface area contributed by atoms with Crippen LogP contribution in [0.25, 0.3) is 0 Å². The van der Waals surface area contributed by atoms with Crippen LogP contribution in [-0.2, 0) is 17.6 Å². The van der Waals surface area contributed by atoms with Gasteiger partial charge in [0.1, 0.15) is 0 Å². The highest BCUT2D eigenvalue weighted by molar-refractivity contribution is 5.94. The molecule has 0 bridgehead atoms. The second kappa shape index (κ2) is 9.29. The van der Waals surface area contributed by atoms with Crippen molar-refractivity contribution < 1.29 is 14.9 Å². The summed E-state index contributed by atoms with van der Waals surface area (Å²) in [5, 5.41) is 17.2. The third-order valence-corrected chi connectivity index (χ3v) is 6.77. The van der Waals surface area contributed by atoms with Crippen LogP contribution in [0.1, 0.15) is 48.4 Å². The molecule has 3 heterocycles. The SMILES string of the molecule is O=C(Nc1ccc(C[C@@H]2CCC([C@H](O)c3ccccc3)N2)cc1)[C@@H]1CCc2[nH+]ccc(=O)n21. The zero-order valence-corrected chi connectivity index (χ0v) is 18.4. The number of amides is 1. The monoisotopic (exact) mass is 445 g/mol. The van der Waals surface area contributed by atoms with Crippen LogP contribution in [0.2, 0.25) is 0 Å². The molecule has 2 aliphatic heterocycles. The molecule has 7 nitrogen and oxygen atoms in total. The Morgan fingerprint density at radius 2 is 1.88 bits per heavy atom. The van der Waals surface area contributed by atoms with Crippen LogP contribution in [0.3, 0.4) is 0 Å². The second-order valence-electron chi connectivity index (χ2n) is 8.98. The van der Waals surface area contributed by atoms with E-state index in [2.05, 4.69) is 15.6 Å². The van der Waals surface area contributed by atoms with Crippen LogP contribution in [0.5, 0.6) is 0 Å². The topological polar surface area (TPSA) is 97.5 Å². The maximum atomic E-state index is 12.8. The number of aromatic nitrogens is 2. The minimum atomic E-state index is -0.500. The maximum Gasteiger partial charge on any atom is 0.337 e. The number of nitrogens with zero attached hydrogens (tertiary/aromatic N) is 1. The standard InChI is InChI=1S/C26H28N4O3/c31-24-14-15-27-23-13-12-22(30(23)24)26(33)29-19-8-6-17(7-9-19)16-20-10-11-21(28-20)25(32)18-4-2-1-3-5-18/h1-9,14-15,20-22,25,28,32H,10-13,16H2,(H,29,33)/p+1/t20-,21?,22-,25+/m0/s1. The number of anilines is 1. The number of carbonyl (C=O) groups excluding carboxylic acids is 1. The summed E-state index contributed by atoms with van der Waals surface area (Å²) >= 11 is 0. The van der Waals surface area contributed by atoms with Crippen molar-refractivity contribution >= 4 is 11.6 Å². The first-order chi connectivity index (χ1) is 16.1. The van der Waals surface area contributed by atoms with Crippen molar-refractivity contribution in [1.29, 1.82) is 0 Å². The molecular formula is C26H29N4O3+. The number of aliphatic hydroxyl groups is 1. The summed E-state index contributed by atoms with van der Waals surface area (Å²) in [5.74, 6) is 0.621. The van der Waals surface area contributed by atoms with Crippen LogP contribution >= 0.6 is 0 Å². The number of benzene rings is 2. The molecule has 1 aromatic heterocycles. The molecular weight excluding hydrogens is 416 g/mol. The second-order valence-corrected chi connectivity index (χ2v) is 8.98. The average molecular weight is 446 g/mol. The van der Waals surface area contributed by atoms with Crippen LogP contribution in [-0.4, -0.2) is 27.7 Å². The number of hydrogen-bond donors (Lipinski definition) is 3. The summed E-state index contributed by atoms with van der Waals surface area (Å²) in [6, 6.07) is 19.0. The van der Waals surface area contributed by atoms with E-state index in [1.54, 1.807) is 10.8 Å². The van der Waals surface area contributed by atoms with E-state index in [1.807, 2.05) is 54.6 Å².